The Labute approximate surface area is 65.3 Å². The van der Waals surface area contributed by atoms with E-state index >= 15 is 0 Å². The van der Waals surface area contributed by atoms with Gasteiger partial charge in [-0.15, -0.1) is 0 Å². The Hall–Kier alpha value is -1.31. The van der Waals surface area contributed by atoms with Gasteiger partial charge in [0.1, 0.15) is 0 Å². The average molecular weight is 147 g/mol. The van der Waals surface area contributed by atoms with Crippen LogP contribution in [0.1, 0.15) is 12.8 Å². The Morgan fingerprint density at radius 3 is 3.00 bits per heavy atom. The van der Waals surface area contributed by atoms with E-state index in [0.29, 0.717) is 6.42 Å². The van der Waals surface area contributed by atoms with E-state index in [0.717, 1.165) is 17.7 Å². The van der Waals surface area contributed by atoms with Gasteiger partial charge in [-0.25, -0.2) is 0 Å². The summed E-state index contributed by atoms with van der Waals surface area (Å²) in [5.41, 5.74) is 2.09. The molecule has 0 aromatic carbocycles. The molecule has 0 saturated carbocycles. The summed E-state index contributed by atoms with van der Waals surface area (Å²) in [6.45, 7) is 0. The van der Waals surface area contributed by atoms with Crippen molar-refractivity contribution in [1.29, 1.82) is 0 Å². The van der Waals surface area contributed by atoms with E-state index in [-0.39, 0.29) is 5.91 Å². The van der Waals surface area contributed by atoms with Crippen molar-refractivity contribution < 1.29 is 4.79 Å². The van der Waals surface area contributed by atoms with Crippen molar-refractivity contribution in [2.45, 2.75) is 12.8 Å². The molecular weight excluding hydrogens is 138 g/mol. The van der Waals surface area contributed by atoms with Gasteiger partial charge in [-0.1, -0.05) is 18.2 Å². The SMILES string of the molecule is O=C1CC2=C(C=CCC=C2)N1. The molecular formula is C9H9NO. The first kappa shape index (κ1) is 6.40. The van der Waals surface area contributed by atoms with Gasteiger partial charge in [0.15, 0.2) is 0 Å². The molecule has 2 aliphatic rings. The summed E-state index contributed by atoms with van der Waals surface area (Å²) in [7, 11) is 0. The highest BCUT2D eigenvalue weighted by molar-refractivity contribution is 5.86. The van der Waals surface area contributed by atoms with Gasteiger partial charge in [0, 0.05) is 5.70 Å². The number of carbonyl (C=O) groups excluding carboxylic acids is 1. The van der Waals surface area contributed by atoms with Crippen LogP contribution in [0.4, 0.5) is 0 Å². The molecule has 1 heterocycles. The van der Waals surface area contributed by atoms with Gasteiger partial charge in [0.25, 0.3) is 0 Å². The molecule has 0 aromatic rings. The number of rotatable bonds is 0. The first-order valence-corrected chi connectivity index (χ1v) is 3.72. The lowest BCUT2D eigenvalue weighted by Gasteiger charge is -1.93. The summed E-state index contributed by atoms with van der Waals surface area (Å²) in [4.78, 5) is 10.9. The van der Waals surface area contributed by atoms with Gasteiger partial charge in [-0.3, -0.25) is 4.79 Å². The molecule has 0 unspecified atom stereocenters. The second-order valence-electron chi connectivity index (χ2n) is 2.70. The molecule has 2 nitrogen and oxygen atoms in total. The maximum absolute atomic E-state index is 10.9. The minimum absolute atomic E-state index is 0.103. The molecule has 1 amide bonds. The molecule has 0 saturated heterocycles. The Bertz CT molecular complexity index is 258. The number of nitrogens with one attached hydrogen (secondary N) is 1. The number of hydrogen-bond acceptors (Lipinski definition) is 1. The fraction of sp³-hybridized carbons (Fsp3) is 0.222. The zero-order chi connectivity index (χ0) is 7.68. The third-order valence-corrected chi connectivity index (χ3v) is 1.85. The molecule has 1 aliphatic heterocycles. The summed E-state index contributed by atoms with van der Waals surface area (Å²) in [5.74, 6) is 0.103. The van der Waals surface area contributed by atoms with E-state index in [4.69, 9.17) is 0 Å². The Balaban J connectivity index is 2.35. The first-order valence-electron chi connectivity index (χ1n) is 3.72. The fourth-order valence-corrected chi connectivity index (χ4v) is 1.32. The number of hydrogen-bond donors (Lipinski definition) is 1. The summed E-state index contributed by atoms with van der Waals surface area (Å²) in [6.07, 6.45) is 9.61. The van der Waals surface area contributed by atoms with Crippen molar-refractivity contribution in [3.63, 3.8) is 0 Å². The van der Waals surface area contributed by atoms with Crippen LogP contribution < -0.4 is 5.32 Å². The lowest BCUT2D eigenvalue weighted by atomic mass is 10.2. The maximum atomic E-state index is 10.9. The van der Waals surface area contributed by atoms with Crippen molar-refractivity contribution in [3.8, 4) is 0 Å². The molecule has 2 heteroatoms. The van der Waals surface area contributed by atoms with E-state index in [1.165, 1.54) is 0 Å². The van der Waals surface area contributed by atoms with Crippen molar-refractivity contribution in [3.05, 3.63) is 35.6 Å². The van der Waals surface area contributed by atoms with Crippen LogP contribution in [-0.2, 0) is 4.79 Å². The Kier molecular flexibility index (Phi) is 1.39. The van der Waals surface area contributed by atoms with Crippen molar-refractivity contribution >= 4 is 5.91 Å². The van der Waals surface area contributed by atoms with Crippen LogP contribution in [0.5, 0.6) is 0 Å². The quantitative estimate of drug-likeness (QED) is 0.549. The van der Waals surface area contributed by atoms with E-state index in [9.17, 15) is 4.79 Å². The van der Waals surface area contributed by atoms with Crippen LogP contribution in [0.25, 0.3) is 0 Å². The molecule has 0 bridgehead atoms. The highest BCUT2D eigenvalue weighted by Crippen LogP contribution is 2.19. The summed E-state index contributed by atoms with van der Waals surface area (Å²) >= 11 is 0. The fourth-order valence-electron chi connectivity index (χ4n) is 1.32. The molecule has 11 heavy (non-hydrogen) atoms. The molecule has 1 N–H and O–H groups in total. The number of amides is 1. The van der Waals surface area contributed by atoms with Crippen molar-refractivity contribution in [1.82, 2.24) is 5.32 Å². The minimum atomic E-state index is 0.103. The third-order valence-electron chi connectivity index (χ3n) is 1.85. The van der Waals surface area contributed by atoms with Gasteiger partial charge >= 0.3 is 0 Å². The van der Waals surface area contributed by atoms with Gasteiger partial charge in [0.2, 0.25) is 5.91 Å². The summed E-state index contributed by atoms with van der Waals surface area (Å²) in [5, 5.41) is 2.80. The lowest BCUT2D eigenvalue weighted by Crippen LogP contribution is -2.13. The topological polar surface area (TPSA) is 29.1 Å². The predicted molar refractivity (Wildman–Crippen MR) is 42.7 cm³/mol. The monoisotopic (exact) mass is 147 g/mol. The standard InChI is InChI=1S/C9H9NO/c11-9-6-7-4-2-1-3-5-8(7)10-9/h2-5H,1,6H2,(H,10,11). The van der Waals surface area contributed by atoms with Crippen LogP contribution in [0.3, 0.4) is 0 Å². The van der Waals surface area contributed by atoms with E-state index < -0.39 is 0 Å². The molecule has 0 radical (unpaired) electrons. The Morgan fingerprint density at radius 2 is 2.09 bits per heavy atom. The molecule has 2 rings (SSSR count). The zero-order valence-corrected chi connectivity index (χ0v) is 6.13. The van der Waals surface area contributed by atoms with Crippen LogP contribution >= 0.6 is 0 Å². The van der Waals surface area contributed by atoms with Crippen molar-refractivity contribution in [2.24, 2.45) is 0 Å². The smallest absolute Gasteiger partial charge is 0.228 e. The van der Waals surface area contributed by atoms with Gasteiger partial charge in [-0.05, 0) is 18.1 Å². The highest BCUT2D eigenvalue weighted by atomic mass is 16.1. The number of carbonyl (C=O) groups is 1. The van der Waals surface area contributed by atoms with Crippen LogP contribution in [-0.4, -0.2) is 5.91 Å². The maximum Gasteiger partial charge on any atom is 0.228 e. The minimum Gasteiger partial charge on any atom is -0.326 e. The lowest BCUT2D eigenvalue weighted by molar-refractivity contribution is -0.118. The second kappa shape index (κ2) is 2.38. The number of allylic oxidation sites excluding steroid dienone is 4. The Morgan fingerprint density at radius 1 is 1.27 bits per heavy atom. The van der Waals surface area contributed by atoms with Gasteiger partial charge in [0.05, 0.1) is 6.42 Å². The molecule has 0 atom stereocenters. The van der Waals surface area contributed by atoms with Crippen LogP contribution in [0.15, 0.2) is 35.6 Å². The largest absolute Gasteiger partial charge is 0.326 e. The van der Waals surface area contributed by atoms with E-state index in [1.54, 1.807) is 0 Å². The van der Waals surface area contributed by atoms with Crippen molar-refractivity contribution in [2.75, 3.05) is 0 Å². The van der Waals surface area contributed by atoms with Crippen LogP contribution in [0, 0.1) is 0 Å². The summed E-state index contributed by atoms with van der Waals surface area (Å²) in [6, 6.07) is 0. The van der Waals surface area contributed by atoms with Gasteiger partial charge < -0.3 is 5.32 Å². The van der Waals surface area contributed by atoms with Crippen LogP contribution in [0.2, 0.25) is 0 Å². The normalized spacial score (nSPS) is 21.6. The average Bonchev–Trinajstić information content (AvgIpc) is 2.17. The molecule has 0 fully saturated rings. The zero-order valence-electron chi connectivity index (χ0n) is 6.13. The summed E-state index contributed by atoms with van der Waals surface area (Å²) < 4.78 is 0. The predicted octanol–water partition coefficient (Wildman–Crippen LogP) is 1.28. The van der Waals surface area contributed by atoms with E-state index in [1.807, 2.05) is 18.2 Å². The van der Waals surface area contributed by atoms with E-state index in [2.05, 4.69) is 11.4 Å². The molecule has 0 aromatic heterocycles. The second-order valence-corrected chi connectivity index (χ2v) is 2.70. The highest BCUT2D eigenvalue weighted by Gasteiger charge is 2.17. The van der Waals surface area contributed by atoms with Gasteiger partial charge in [-0.2, -0.15) is 0 Å². The molecule has 0 spiro atoms. The third kappa shape index (κ3) is 1.11. The molecule has 56 valence electrons. The first-order chi connectivity index (χ1) is 5.36. The molecule has 1 aliphatic carbocycles.